The Labute approximate surface area is 94.0 Å². The quantitative estimate of drug-likeness (QED) is 0.329. The first-order valence-corrected chi connectivity index (χ1v) is 5.36. The maximum absolute atomic E-state index is 11.5. The zero-order chi connectivity index (χ0) is 11.3. The van der Waals surface area contributed by atoms with E-state index in [1.165, 1.54) is 6.42 Å². The summed E-state index contributed by atoms with van der Waals surface area (Å²) in [6, 6.07) is 0. The highest BCUT2D eigenvalue weighted by Crippen LogP contribution is 2.20. The van der Waals surface area contributed by atoms with Crippen molar-refractivity contribution >= 4 is 29.0 Å². The van der Waals surface area contributed by atoms with Gasteiger partial charge in [-0.2, -0.15) is 0 Å². The zero-order valence-electron chi connectivity index (χ0n) is 8.41. The topological polar surface area (TPSA) is 76.2 Å². The molecule has 0 saturated heterocycles. The van der Waals surface area contributed by atoms with Crippen molar-refractivity contribution in [3.63, 3.8) is 0 Å². The van der Waals surface area contributed by atoms with Gasteiger partial charge in [-0.25, -0.2) is 4.79 Å². The predicted molar refractivity (Wildman–Crippen MR) is 61.0 cm³/mol. The van der Waals surface area contributed by atoms with Gasteiger partial charge in [-0.15, -0.1) is 0 Å². The van der Waals surface area contributed by atoms with Crippen LogP contribution in [0.4, 0.5) is 0 Å². The van der Waals surface area contributed by atoms with Gasteiger partial charge < -0.3 is 10.5 Å². The van der Waals surface area contributed by atoms with Crippen LogP contribution in [0.1, 0.15) is 32.1 Å². The van der Waals surface area contributed by atoms with E-state index in [4.69, 9.17) is 15.9 Å². The van der Waals surface area contributed by atoms with Gasteiger partial charge in [0, 0.05) is 0 Å². The minimum atomic E-state index is -0.621. The molecule has 0 amide bonds. The highest BCUT2D eigenvalue weighted by molar-refractivity contribution is 7.80. The molecule has 82 valence electrons. The summed E-state index contributed by atoms with van der Waals surface area (Å²) in [6.45, 7) is 0. The minimum Gasteiger partial charge on any atom is -0.458 e. The highest BCUT2D eigenvalue weighted by Gasteiger charge is 2.21. The van der Waals surface area contributed by atoms with E-state index in [1.54, 1.807) is 0 Å². The summed E-state index contributed by atoms with van der Waals surface area (Å²) in [7, 11) is 0. The summed E-state index contributed by atoms with van der Waals surface area (Å²) >= 11 is 4.62. The van der Waals surface area contributed by atoms with Crippen LogP contribution in [0.25, 0.3) is 0 Å². The average molecular weight is 226 g/mol. The van der Waals surface area contributed by atoms with E-state index < -0.39 is 5.97 Å². The van der Waals surface area contributed by atoms with Crippen molar-refractivity contribution in [1.82, 2.24) is 0 Å². The number of hydrogen-bond acceptors (Lipinski definition) is 4. The number of ether oxygens (including phenoxy) is 1. The number of esters is 1. The zero-order valence-corrected chi connectivity index (χ0v) is 9.23. The third-order valence-corrected chi connectivity index (χ3v) is 2.61. The number of nitrogens with two attached hydrogens (primary N) is 1. The Morgan fingerprint density at radius 2 is 2.00 bits per heavy atom. The molecule has 0 aromatic carbocycles. The molecule has 1 aliphatic rings. The number of rotatable bonds is 3. The van der Waals surface area contributed by atoms with Gasteiger partial charge in [0.15, 0.2) is 5.57 Å². The van der Waals surface area contributed by atoms with Crippen LogP contribution in [0.5, 0.6) is 0 Å². The van der Waals surface area contributed by atoms with Crippen molar-refractivity contribution in [2.45, 2.75) is 38.2 Å². The monoisotopic (exact) mass is 226 g/mol. The summed E-state index contributed by atoms with van der Waals surface area (Å²) < 4.78 is 5.18. The summed E-state index contributed by atoms with van der Waals surface area (Å²) in [5, 5.41) is 6.88. The van der Waals surface area contributed by atoms with E-state index in [0.717, 1.165) is 25.7 Å². The predicted octanol–water partition coefficient (Wildman–Crippen LogP) is 1.32. The molecule has 1 aliphatic carbocycles. The lowest BCUT2D eigenvalue weighted by atomic mass is 9.98. The fourth-order valence-electron chi connectivity index (χ4n) is 1.61. The molecule has 0 aromatic rings. The lowest BCUT2D eigenvalue weighted by Crippen LogP contribution is -2.27. The fraction of sp³-hybridized carbons (Fsp3) is 0.600. The number of hydrogen-bond donors (Lipinski definition) is 2. The average Bonchev–Trinajstić information content (AvgIpc) is 2.19. The number of carbonyl (C=O) groups is 1. The summed E-state index contributed by atoms with van der Waals surface area (Å²) in [5.74, 6) is 1.30. The molecule has 1 rings (SSSR count). The molecular formula is C10H14N2O2S. The molecule has 1 fully saturated rings. The van der Waals surface area contributed by atoms with Crippen LogP contribution in [-0.2, 0) is 9.53 Å². The number of carbonyl (C=O) groups excluding carboxylic acids is 1. The number of nitrogens with one attached hydrogen (secondary N) is 1. The first-order chi connectivity index (χ1) is 7.15. The van der Waals surface area contributed by atoms with Gasteiger partial charge in [-0.3, -0.25) is 5.41 Å². The summed E-state index contributed by atoms with van der Waals surface area (Å²) in [6.07, 6.45) is 5.06. The number of thiocarbonyl (C=S) groups is 1. The van der Waals surface area contributed by atoms with Crippen molar-refractivity contribution in [2.24, 2.45) is 5.73 Å². The van der Waals surface area contributed by atoms with Crippen molar-refractivity contribution in [3.05, 3.63) is 5.57 Å². The van der Waals surface area contributed by atoms with Crippen molar-refractivity contribution in [1.29, 1.82) is 5.41 Å². The Bertz CT molecular complexity index is 315. The van der Waals surface area contributed by atoms with Gasteiger partial charge in [0.1, 0.15) is 11.1 Å². The lowest BCUT2D eigenvalue weighted by molar-refractivity contribution is -0.144. The van der Waals surface area contributed by atoms with E-state index in [1.807, 2.05) is 5.87 Å². The molecule has 1 saturated carbocycles. The summed E-state index contributed by atoms with van der Waals surface area (Å²) in [5.41, 5.74) is 5.12. The van der Waals surface area contributed by atoms with Gasteiger partial charge >= 0.3 is 5.97 Å². The second-order valence-electron chi connectivity index (χ2n) is 3.53. The van der Waals surface area contributed by atoms with Gasteiger partial charge in [-0.1, -0.05) is 18.6 Å². The Hall–Kier alpha value is -1.19. The third-order valence-electron chi connectivity index (χ3n) is 2.40. The molecule has 15 heavy (non-hydrogen) atoms. The third kappa shape index (κ3) is 3.46. The van der Waals surface area contributed by atoms with Crippen LogP contribution < -0.4 is 5.73 Å². The van der Waals surface area contributed by atoms with Gasteiger partial charge in [-0.05, 0) is 31.6 Å². The van der Waals surface area contributed by atoms with Crippen LogP contribution in [-0.4, -0.2) is 22.9 Å². The van der Waals surface area contributed by atoms with Crippen molar-refractivity contribution < 1.29 is 9.53 Å². The van der Waals surface area contributed by atoms with Gasteiger partial charge in [0.05, 0.1) is 0 Å². The molecule has 0 aliphatic heterocycles. The van der Waals surface area contributed by atoms with Crippen molar-refractivity contribution in [2.75, 3.05) is 0 Å². The summed E-state index contributed by atoms with van der Waals surface area (Å²) in [4.78, 5) is 11.3. The Kier molecular flexibility index (Phi) is 4.46. The molecule has 0 spiro atoms. The van der Waals surface area contributed by atoms with Crippen LogP contribution in [0.3, 0.4) is 0 Å². The molecular weight excluding hydrogens is 212 g/mol. The largest absolute Gasteiger partial charge is 0.458 e. The molecule has 0 aromatic heterocycles. The van der Waals surface area contributed by atoms with Crippen LogP contribution in [0.15, 0.2) is 5.57 Å². The smallest absolute Gasteiger partial charge is 0.350 e. The van der Waals surface area contributed by atoms with Crippen LogP contribution in [0.2, 0.25) is 0 Å². The second kappa shape index (κ2) is 5.63. The Morgan fingerprint density at radius 3 is 2.47 bits per heavy atom. The van der Waals surface area contributed by atoms with Gasteiger partial charge in [0.25, 0.3) is 0 Å². The molecule has 5 heteroatoms. The first-order valence-electron chi connectivity index (χ1n) is 4.95. The molecule has 3 N–H and O–H groups in total. The Balaban J connectivity index is 2.53. The normalized spacial score (nSPS) is 16.5. The lowest BCUT2D eigenvalue weighted by Gasteiger charge is -2.21. The molecule has 0 unspecified atom stereocenters. The minimum absolute atomic E-state index is 0.0519. The highest BCUT2D eigenvalue weighted by atomic mass is 32.1. The van der Waals surface area contributed by atoms with E-state index in [0.29, 0.717) is 0 Å². The Morgan fingerprint density at radius 1 is 1.40 bits per heavy atom. The van der Waals surface area contributed by atoms with E-state index in [2.05, 4.69) is 12.2 Å². The molecule has 0 bridgehead atoms. The van der Waals surface area contributed by atoms with Gasteiger partial charge in [0.2, 0.25) is 0 Å². The van der Waals surface area contributed by atoms with E-state index >= 15 is 0 Å². The maximum Gasteiger partial charge on any atom is 0.350 e. The molecule has 0 radical (unpaired) electrons. The van der Waals surface area contributed by atoms with E-state index in [-0.39, 0.29) is 16.7 Å². The standard InChI is InChI=1S/C10H14N2O2S/c11-6-8(9(12)15)10(13)14-7-4-2-1-3-5-7/h7,11H,1-5H2,(H2,12,15). The first kappa shape index (κ1) is 11.9. The SMILES string of the molecule is N=C=C(C(=O)OC1CCCCC1)C(N)=S. The molecule has 0 heterocycles. The second-order valence-corrected chi connectivity index (χ2v) is 3.97. The maximum atomic E-state index is 11.5. The molecule has 4 nitrogen and oxygen atoms in total. The van der Waals surface area contributed by atoms with E-state index in [9.17, 15) is 4.79 Å². The van der Waals surface area contributed by atoms with Crippen molar-refractivity contribution in [3.8, 4) is 0 Å². The fourth-order valence-corrected chi connectivity index (χ4v) is 1.74. The van der Waals surface area contributed by atoms with Crippen LogP contribution >= 0.6 is 12.2 Å². The molecule has 0 atom stereocenters. The van der Waals surface area contributed by atoms with Crippen LogP contribution in [0, 0.1) is 5.41 Å².